The summed E-state index contributed by atoms with van der Waals surface area (Å²) in [7, 11) is 0. The number of hydrogen-bond acceptors (Lipinski definition) is 2. The number of ether oxygens (including phenoxy) is 1. The predicted molar refractivity (Wildman–Crippen MR) is 46.4 cm³/mol. The van der Waals surface area contributed by atoms with Gasteiger partial charge in [0, 0.05) is 0 Å². The highest BCUT2D eigenvalue weighted by atomic mass is 79.9. The fraction of sp³-hybridized carbons (Fsp3) is 0.800. The summed E-state index contributed by atoms with van der Waals surface area (Å²) in [5.74, 6) is 0. The first kappa shape index (κ1) is 10.2. The van der Waals surface area contributed by atoms with Crippen LogP contribution in [0.3, 0.4) is 0 Å². The number of nitrogens with two attached hydrogens (primary N) is 1. The second-order valence-corrected chi connectivity index (χ2v) is 6.39. The Hall–Kier alpha value is 0.230. The van der Waals surface area contributed by atoms with Crippen molar-refractivity contribution in [1.82, 2.24) is 0 Å². The molecule has 3 nitrogen and oxygen atoms in total. The molecule has 0 saturated carbocycles. The summed E-state index contributed by atoms with van der Waals surface area (Å²) in [6.45, 7) is 3.55. The molecule has 2 N–H and O–H groups in total. The Morgan fingerprint density at radius 1 is 1.70 bits per heavy atom. The molecule has 0 rings (SSSR count). The van der Waals surface area contributed by atoms with E-state index in [9.17, 15) is 4.79 Å². The summed E-state index contributed by atoms with van der Waals surface area (Å²) >= 11 is 6.51. The zero-order chi connectivity index (χ0) is 8.36. The predicted octanol–water partition coefficient (Wildman–Crippen LogP) is 1.98. The molecule has 0 aromatic carbocycles. The fourth-order valence-electron chi connectivity index (χ4n) is 0.278. The normalized spacial score (nSPS) is 14.4. The zero-order valence-corrected chi connectivity index (χ0v) is 8.90. The summed E-state index contributed by atoms with van der Waals surface area (Å²) in [6, 6.07) is 0. The van der Waals surface area contributed by atoms with Crippen LogP contribution in [0.4, 0.5) is 4.79 Å². The Morgan fingerprint density at radius 3 is 2.20 bits per heavy atom. The molecule has 0 saturated heterocycles. The Kier molecular flexibility index (Phi) is 3.65. The van der Waals surface area contributed by atoms with E-state index in [0.717, 1.165) is 0 Å². The molecular weight excluding hydrogens is 266 g/mol. The van der Waals surface area contributed by atoms with E-state index in [1.165, 1.54) is 0 Å². The Labute approximate surface area is 76.5 Å². The maximum atomic E-state index is 10.2. The average molecular weight is 275 g/mol. The van der Waals surface area contributed by atoms with Gasteiger partial charge in [-0.1, -0.05) is 31.9 Å². The highest BCUT2D eigenvalue weighted by molar-refractivity contribution is 9.25. The van der Waals surface area contributed by atoms with Gasteiger partial charge in [0.2, 0.25) is 0 Å². The van der Waals surface area contributed by atoms with Crippen LogP contribution in [-0.2, 0) is 4.74 Å². The van der Waals surface area contributed by atoms with Crippen LogP contribution in [0.2, 0.25) is 0 Å². The van der Waals surface area contributed by atoms with E-state index in [1.807, 2.05) is 6.92 Å². The number of hydrogen-bond donors (Lipinski definition) is 1. The van der Waals surface area contributed by atoms with Crippen molar-refractivity contribution in [3.05, 3.63) is 0 Å². The van der Waals surface area contributed by atoms with Gasteiger partial charge in [-0.05, 0) is 13.8 Å². The summed E-state index contributed by atoms with van der Waals surface area (Å²) < 4.78 is 4.25. The van der Waals surface area contributed by atoms with Gasteiger partial charge in [-0.15, -0.1) is 0 Å². The molecule has 10 heavy (non-hydrogen) atoms. The van der Waals surface area contributed by atoms with Crippen molar-refractivity contribution in [2.75, 3.05) is 0 Å². The minimum atomic E-state index is -0.766. The van der Waals surface area contributed by atoms with Crippen LogP contribution in [-0.4, -0.2) is 15.4 Å². The molecule has 0 aliphatic rings. The van der Waals surface area contributed by atoms with Gasteiger partial charge in [0.05, 0.1) is 0 Å². The van der Waals surface area contributed by atoms with Crippen LogP contribution in [0.5, 0.6) is 0 Å². The van der Waals surface area contributed by atoms with E-state index in [-0.39, 0.29) is 6.10 Å². The summed E-state index contributed by atoms with van der Waals surface area (Å²) in [6.07, 6.45) is -1.07. The molecule has 1 atom stereocenters. The van der Waals surface area contributed by atoms with Gasteiger partial charge in [0.25, 0.3) is 0 Å². The molecule has 0 aromatic heterocycles. The maximum absolute atomic E-state index is 10.2. The van der Waals surface area contributed by atoms with Crippen molar-refractivity contribution in [2.45, 2.75) is 23.2 Å². The summed E-state index contributed by atoms with van der Waals surface area (Å²) in [5.41, 5.74) is 4.79. The van der Waals surface area contributed by atoms with E-state index in [2.05, 4.69) is 36.6 Å². The van der Waals surface area contributed by atoms with Crippen LogP contribution in [0.1, 0.15) is 13.8 Å². The molecule has 1 amide bonds. The largest absolute Gasteiger partial charge is 0.444 e. The number of rotatable bonds is 2. The minimum absolute atomic E-state index is 0.301. The lowest BCUT2D eigenvalue weighted by Crippen LogP contribution is -2.31. The van der Waals surface area contributed by atoms with Crippen molar-refractivity contribution in [2.24, 2.45) is 5.73 Å². The fourth-order valence-corrected chi connectivity index (χ4v) is 0.465. The number of carbonyl (C=O) groups excluding carboxylic acids is 1. The number of carbonyl (C=O) groups is 1. The first-order chi connectivity index (χ1) is 4.34. The second kappa shape index (κ2) is 3.57. The van der Waals surface area contributed by atoms with Crippen LogP contribution < -0.4 is 5.73 Å². The second-order valence-electron chi connectivity index (χ2n) is 2.04. The van der Waals surface area contributed by atoms with Crippen molar-refractivity contribution >= 4 is 38.0 Å². The lowest BCUT2D eigenvalue weighted by molar-refractivity contribution is 0.114. The van der Waals surface area contributed by atoms with Crippen LogP contribution in [0.25, 0.3) is 0 Å². The van der Waals surface area contributed by atoms with Gasteiger partial charge in [0.1, 0.15) is 9.34 Å². The van der Waals surface area contributed by atoms with Crippen molar-refractivity contribution in [3.63, 3.8) is 0 Å². The molecule has 1 unspecified atom stereocenters. The van der Waals surface area contributed by atoms with E-state index in [0.29, 0.717) is 0 Å². The Balaban J connectivity index is 3.85. The van der Waals surface area contributed by atoms with Crippen LogP contribution in [0, 0.1) is 0 Å². The van der Waals surface area contributed by atoms with Crippen LogP contribution in [0.15, 0.2) is 0 Å². The molecule has 0 spiro atoms. The zero-order valence-electron chi connectivity index (χ0n) is 5.73. The lowest BCUT2D eigenvalue weighted by atomic mass is 10.3. The average Bonchev–Trinajstić information content (AvgIpc) is 1.60. The molecule has 0 heterocycles. The van der Waals surface area contributed by atoms with Gasteiger partial charge in [0.15, 0.2) is 0 Å². The summed E-state index contributed by atoms with van der Waals surface area (Å²) in [5, 5.41) is 0. The van der Waals surface area contributed by atoms with Crippen LogP contribution >= 0.6 is 31.9 Å². The summed E-state index contributed by atoms with van der Waals surface area (Å²) in [4.78, 5) is 10.2. The third-order valence-corrected chi connectivity index (χ3v) is 2.30. The highest BCUT2D eigenvalue weighted by Crippen LogP contribution is 2.30. The third kappa shape index (κ3) is 4.11. The maximum Gasteiger partial charge on any atom is 0.404 e. The molecule has 60 valence electrons. The number of amides is 1. The topological polar surface area (TPSA) is 52.3 Å². The minimum Gasteiger partial charge on any atom is -0.444 e. The highest BCUT2D eigenvalue weighted by Gasteiger charge is 2.26. The first-order valence-electron chi connectivity index (χ1n) is 2.68. The smallest absolute Gasteiger partial charge is 0.404 e. The van der Waals surface area contributed by atoms with E-state index in [1.54, 1.807) is 6.92 Å². The SMILES string of the molecule is CC(OC(N)=O)C(C)(Br)Br. The van der Waals surface area contributed by atoms with Gasteiger partial charge in [-0.2, -0.15) is 0 Å². The molecule has 0 aliphatic heterocycles. The molecule has 0 aliphatic carbocycles. The van der Waals surface area contributed by atoms with E-state index < -0.39 is 9.33 Å². The molecule has 0 fully saturated rings. The van der Waals surface area contributed by atoms with E-state index in [4.69, 9.17) is 5.73 Å². The van der Waals surface area contributed by atoms with Crippen molar-refractivity contribution in [1.29, 1.82) is 0 Å². The van der Waals surface area contributed by atoms with Gasteiger partial charge in [-0.25, -0.2) is 4.79 Å². The molecule has 0 radical (unpaired) electrons. The molecule has 0 bridgehead atoms. The van der Waals surface area contributed by atoms with Crippen molar-refractivity contribution in [3.8, 4) is 0 Å². The monoisotopic (exact) mass is 273 g/mol. The van der Waals surface area contributed by atoms with Gasteiger partial charge in [-0.3, -0.25) is 0 Å². The van der Waals surface area contributed by atoms with Gasteiger partial charge < -0.3 is 10.5 Å². The standard InChI is InChI=1S/C5H9Br2NO2/c1-3(5(2,6)7)10-4(8)9/h3H,1-2H3,(H2,8,9). The molecular formula is C5H9Br2NO2. The van der Waals surface area contributed by atoms with Gasteiger partial charge >= 0.3 is 6.09 Å². The number of primary amides is 1. The first-order valence-corrected chi connectivity index (χ1v) is 4.26. The number of alkyl halides is 2. The van der Waals surface area contributed by atoms with E-state index >= 15 is 0 Å². The molecule has 0 aromatic rings. The quantitative estimate of drug-likeness (QED) is 0.783. The van der Waals surface area contributed by atoms with Crippen molar-refractivity contribution < 1.29 is 9.53 Å². The molecule has 5 heteroatoms. The Morgan fingerprint density at radius 2 is 2.10 bits per heavy atom. The Bertz CT molecular complexity index is 132. The third-order valence-electron chi connectivity index (χ3n) is 1.01. The lowest BCUT2D eigenvalue weighted by Gasteiger charge is -2.21. The number of halogens is 2.